The van der Waals surface area contributed by atoms with Crippen molar-refractivity contribution in [1.82, 2.24) is 0 Å². The van der Waals surface area contributed by atoms with Gasteiger partial charge in [-0.1, -0.05) is 57.9 Å². The molecule has 3 aromatic carbocycles. The van der Waals surface area contributed by atoms with Crippen LogP contribution in [0.2, 0.25) is 0 Å². The van der Waals surface area contributed by atoms with Crippen molar-refractivity contribution < 1.29 is 14.4 Å². The van der Waals surface area contributed by atoms with Crippen LogP contribution in [0.15, 0.2) is 65.1 Å². The molecule has 31 heavy (non-hydrogen) atoms. The van der Waals surface area contributed by atoms with Crippen molar-refractivity contribution in [3.05, 3.63) is 97.5 Å². The highest BCUT2D eigenvalue weighted by Crippen LogP contribution is 2.36. The van der Waals surface area contributed by atoms with Crippen LogP contribution in [0.25, 0.3) is 11.6 Å². The summed E-state index contributed by atoms with van der Waals surface area (Å²) in [4.78, 5) is 10.6. The van der Waals surface area contributed by atoms with E-state index in [0.29, 0.717) is 39.3 Å². The number of non-ortho nitro benzene ring substituents is 1. The van der Waals surface area contributed by atoms with E-state index >= 15 is 0 Å². The summed E-state index contributed by atoms with van der Waals surface area (Å²) in [7, 11) is 1.54. The summed E-state index contributed by atoms with van der Waals surface area (Å²) in [6, 6.07) is 19.7. The molecule has 6 nitrogen and oxygen atoms in total. The summed E-state index contributed by atoms with van der Waals surface area (Å²) < 4.78 is 12.1. The van der Waals surface area contributed by atoms with E-state index in [0.717, 1.165) is 11.1 Å². The first-order chi connectivity index (χ1) is 14.9. The number of methoxy groups -OCH3 is 1. The van der Waals surface area contributed by atoms with E-state index in [1.807, 2.05) is 25.1 Å². The smallest absolute Gasteiger partial charge is 0.270 e. The molecule has 0 aliphatic rings. The van der Waals surface area contributed by atoms with Gasteiger partial charge in [0.1, 0.15) is 6.61 Å². The molecule has 0 saturated carbocycles. The second-order valence-electron chi connectivity index (χ2n) is 6.78. The first-order valence-corrected chi connectivity index (χ1v) is 10.1. The molecule has 0 heterocycles. The normalized spacial score (nSPS) is 11.0. The van der Waals surface area contributed by atoms with Gasteiger partial charge in [0.05, 0.1) is 23.7 Å². The number of nitro benzene ring substituents is 1. The molecule has 0 aromatic heterocycles. The fraction of sp³-hybridized carbons (Fsp3) is 0.125. The molecule has 0 aliphatic carbocycles. The summed E-state index contributed by atoms with van der Waals surface area (Å²) in [5.74, 6) is 1.07. The highest BCUT2D eigenvalue weighted by atomic mass is 79.9. The number of ether oxygens (including phenoxy) is 2. The topological polar surface area (TPSA) is 85.4 Å². The molecule has 0 saturated heterocycles. The molecule has 0 N–H and O–H groups in total. The van der Waals surface area contributed by atoms with Gasteiger partial charge in [-0.05, 0) is 41.8 Å². The van der Waals surface area contributed by atoms with Crippen molar-refractivity contribution in [2.75, 3.05) is 7.11 Å². The minimum Gasteiger partial charge on any atom is -0.493 e. The van der Waals surface area contributed by atoms with E-state index in [1.54, 1.807) is 37.5 Å². The van der Waals surface area contributed by atoms with Gasteiger partial charge < -0.3 is 9.47 Å². The van der Waals surface area contributed by atoms with E-state index in [1.165, 1.54) is 12.1 Å². The number of rotatable bonds is 7. The molecule has 0 aliphatic heterocycles. The lowest BCUT2D eigenvalue weighted by molar-refractivity contribution is -0.384. The lowest BCUT2D eigenvalue weighted by atomic mass is 10.0. The zero-order chi connectivity index (χ0) is 22.4. The van der Waals surface area contributed by atoms with Gasteiger partial charge in [-0.15, -0.1) is 0 Å². The third kappa shape index (κ3) is 5.50. The molecule has 7 heteroatoms. The van der Waals surface area contributed by atoms with Crippen molar-refractivity contribution in [3.63, 3.8) is 0 Å². The van der Waals surface area contributed by atoms with Gasteiger partial charge in [0.15, 0.2) is 11.5 Å². The van der Waals surface area contributed by atoms with Gasteiger partial charge in [0, 0.05) is 16.6 Å². The number of nitriles is 1. The maximum atomic E-state index is 11.0. The third-order valence-electron chi connectivity index (χ3n) is 4.55. The third-order valence-corrected chi connectivity index (χ3v) is 5.23. The second-order valence-corrected chi connectivity index (χ2v) is 7.63. The molecular weight excluding hydrogens is 460 g/mol. The van der Waals surface area contributed by atoms with Crippen LogP contribution < -0.4 is 9.47 Å². The summed E-state index contributed by atoms with van der Waals surface area (Å²) in [6.45, 7) is 2.41. The van der Waals surface area contributed by atoms with Gasteiger partial charge in [-0.2, -0.15) is 5.26 Å². The number of aryl methyl sites for hydroxylation is 1. The van der Waals surface area contributed by atoms with E-state index in [2.05, 4.69) is 28.1 Å². The molecular formula is C24H19BrN2O4. The Morgan fingerprint density at radius 2 is 1.94 bits per heavy atom. The highest BCUT2D eigenvalue weighted by molar-refractivity contribution is 9.10. The lowest BCUT2D eigenvalue weighted by Crippen LogP contribution is -1.99. The minimum absolute atomic E-state index is 0.0739. The monoisotopic (exact) mass is 478 g/mol. The average molecular weight is 479 g/mol. The van der Waals surface area contributed by atoms with E-state index in [9.17, 15) is 15.4 Å². The summed E-state index contributed by atoms with van der Waals surface area (Å²) in [6.07, 6.45) is 1.65. The molecule has 0 fully saturated rings. The Labute approximate surface area is 188 Å². The molecule has 0 atom stereocenters. The maximum absolute atomic E-state index is 11.0. The van der Waals surface area contributed by atoms with Crippen LogP contribution in [0.4, 0.5) is 5.69 Å². The van der Waals surface area contributed by atoms with Crippen molar-refractivity contribution in [1.29, 1.82) is 5.26 Å². The fourth-order valence-corrected chi connectivity index (χ4v) is 3.46. The SMILES string of the molecule is COc1cc(/C=C(/C#N)c2cccc([N+](=O)[O-])c2)c(Br)cc1OCc1cccc(C)c1. The molecule has 0 radical (unpaired) electrons. The van der Waals surface area contributed by atoms with Gasteiger partial charge in [0.2, 0.25) is 0 Å². The number of benzene rings is 3. The standard InChI is InChI=1S/C24H19BrN2O4/c1-16-5-3-6-17(9-16)15-31-24-13-22(25)19(12-23(24)30-2)10-20(14-26)18-7-4-8-21(11-18)27(28)29/h3-13H,15H2,1-2H3/b20-10-. The predicted molar refractivity (Wildman–Crippen MR) is 123 cm³/mol. The van der Waals surface area contributed by atoms with Crippen LogP contribution in [-0.4, -0.2) is 12.0 Å². The highest BCUT2D eigenvalue weighted by Gasteiger charge is 2.13. The van der Waals surface area contributed by atoms with Crippen LogP contribution in [0, 0.1) is 28.4 Å². The average Bonchev–Trinajstić information content (AvgIpc) is 2.77. The van der Waals surface area contributed by atoms with Crippen LogP contribution in [0.1, 0.15) is 22.3 Å². The zero-order valence-corrected chi connectivity index (χ0v) is 18.5. The summed E-state index contributed by atoms with van der Waals surface area (Å²) >= 11 is 3.52. The molecule has 156 valence electrons. The molecule has 3 aromatic rings. The number of hydrogen-bond donors (Lipinski definition) is 0. The van der Waals surface area contributed by atoms with Crippen LogP contribution in [-0.2, 0) is 6.61 Å². The number of hydrogen-bond acceptors (Lipinski definition) is 5. The van der Waals surface area contributed by atoms with Crippen molar-refractivity contribution in [2.45, 2.75) is 13.5 Å². The summed E-state index contributed by atoms with van der Waals surface area (Å²) in [5, 5.41) is 20.7. The quantitative estimate of drug-likeness (QED) is 0.171. The Balaban J connectivity index is 1.92. The first kappa shape index (κ1) is 22.1. The number of halogens is 1. The molecule has 0 bridgehead atoms. The van der Waals surface area contributed by atoms with Crippen molar-refractivity contribution in [3.8, 4) is 17.6 Å². The van der Waals surface area contributed by atoms with Gasteiger partial charge in [0.25, 0.3) is 5.69 Å². The van der Waals surface area contributed by atoms with Gasteiger partial charge in [-0.25, -0.2) is 0 Å². The van der Waals surface area contributed by atoms with E-state index < -0.39 is 4.92 Å². The molecule has 0 unspecified atom stereocenters. The number of nitrogens with zero attached hydrogens (tertiary/aromatic N) is 2. The first-order valence-electron chi connectivity index (χ1n) is 9.33. The van der Waals surface area contributed by atoms with Crippen LogP contribution in [0.3, 0.4) is 0 Å². The van der Waals surface area contributed by atoms with Crippen LogP contribution >= 0.6 is 15.9 Å². The maximum Gasteiger partial charge on any atom is 0.270 e. The van der Waals surface area contributed by atoms with Gasteiger partial charge in [-0.3, -0.25) is 10.1 Å². The van der Waals surface area contributed by atoms with Crippen molar-refractivity contribution in [2.24, 2.45) is 0 Å². The Hall–Kier alpha value is -3.63. The Morgan fingerprint density at radius 1 is 1.16 bits per heavy atom. The largest absolute Gasteiger partial charge is 0.493 e. The Bertz CT molecular complexity index is 1200. The van der Waals surface area contributed by atoms with E-state index in [-0.39, 0.29) is 5.69 Å². The van der Waals surface area contributed by atoms with Crippen LogP contribution in [0.5, 0.6) is 11.5 Å². The fourth-order valence-electron chi connectivity index (χ4n) is 3.02. The lowest BCUT2D eigenvalue weighted by Gasteiger charge is -2.13. The minimum atomic E-state index is -0.488. The number of allylic oxidation sites excluding steroid dienone is 1. The predicted octanol–water partition coefficient (Wildman–Crippen LogP) is 6.32. The molecule has 3 rings (SSSR count). The molecule has 0 amide bonds. The zero-order valence-electron chi connectivity index (χ0n) is 17.0. The van der Waals surface area contributed by atoms with Gasteiger partial charge >= 0.3 is 0 Å². The second kappa shape index (κ2) is 9.92. The Kier molecular flexibility index (Phi) is 7.06. The number of nitro groups is 1. The molecule has 0 spiro atoms. The van der Waals surface area contributed by atoms with E-state index in [4.69, 9.17) is 9.47 Å². The Morgan fingerprint density at radius 3 is 2.61 bits per heavy atom. The van der Waals surface area contributed by atoms with Crippen molar-refractivity contribution >= 4 is 33.3 Å². The summed E-state index contributed by atoms with van der Waals surface area (Å²) in [5.41, 5.74) is 3.56.